The molecule has 5 nitrogen and oxygen atoms in total. The number of aromatic nitrogens is 1. The summed E-state index contributed by atoms with van der Waals surface area (Å²) >= 11 is 0. The van der Waals surface area contributed by atoms with E-state index in [4.69, 9.17) is 9.47 Å². The first-order valence-corrected chi connectivity index (χ1v) is 9.36. The Morgan fingerprint density at radius 2 is 1.96 bits per heavy atom. The van der Waals surface area contributed by atoms with Gasteiger partial charge in [0.1, 0.15) is 5.75 Å². The average molecular weight is 356 g/mol. The normalized spacial score (nSPS) is 17.4. The SMILES string of the molecule is CN(C)CCCn1ccc(-c2ccc(OC3CCCCO3)cc2)cc1=O. The lowest BCUT2D eigenvalue weighted by atomic mass is 10.1. The van der Waals surface area contributed by atoms with E-state index in [1.54, 1.807) is 10.6 Å². The van der Waals surface area contributed by atoms with E-state index in [9.17, 15) is 4.79 Å². The maximum atomic E-state index is 12.3. The fourth-order valence-corrected chi connectivity index (χ4v) is 3.11. The minimum absolute atomic E-state index is 0.0391. The molecule has 2 heterocycles. The van der Waals surface area contributed by atoms with Gasteiger partial charge in [-0.3, -0.25) is 4.79 Å². The second kappa shape index (κ2) is 9.01. The minimum Gasteiger partial charge on any atom is -0.465 e. The van der Waals surface area contributed by atoms with E-state index in [0.29, 0.717) is 0 Å². The number of hydrogen-bond donors (Lipinski definition) is 0. The van der Waals surface area contributed by atoms with Crippen molar-refractivity contribution in [1.82, 2.24) is 9.47 Å². The fourth-order valence-electron chi connectivity index (χ4n) is 3.11. The van der Waals surface area contributed by atoms with Crippen molar-refractivity contribution < 1.29 is 9.47 Å². The van der Waals surface area contributed by atoms with Crippen LogP contribution < -0.4 is 10.3 Å². The quantitative estimate of drug-likeness (QED) is 0.763. The highest BCUT2D eigenvalue weighted by molar-refractivity contribution is 5.63. The van der Waals surface area contributed by atoms with Gasteiger partial charge in [0, 0.05) is 25.2 Å². The lowest BCUT2D eigenvalue weighted by Crippen LogP contribution is -2.24. The molecule has 0 N–H and O–H groups in total. The van der Waals surface area contributed by atoms with Crippen molar-refractivity contribution in [2.24, 2.45) is 0 Å². The maximum absolute atomic E-state index is 12.3. The van der Waals surface area contributed by atoms with Gasteiger partial charge in [-0.25, -0.2) is 0 Å². The third-order valence-corrected chi connectivity index (χ3v) is 4.59. The van der Waals surface area contributed by atoms with E-state index < -0.39 is 0 Å². The standard InChI is InChI=1S/C21H28N2O3/c1-22(2)12-5-13-23-14-11-18(16-20(23)24)17-7-9-19(10-8-17)26-21-6-3-4-15-25-21/h7-11,14,16,21H,3-6,12-13,15H2,1-2H3. The molecule has 0 amide bonds. The summed E-state index contributed by atoms with van der Waals surface area (Å²) in [6.45, 7) is 2.49. The van der Waals surface area contributed by atoms with E-state index in [2.05, 4.69) is 4.90 Å². The highest BCUT2D eigenvalue weighted by atomic mass is 16.7. The van der Waals surface area contributed by atoms with Gasteiger partial charge < -0.3 is 18.9 Å². The monoisotopic (exact) mass is 356 g/mol. The molecule has 0 bridgehead atoms. The minimum atomic E-state index is -0.138. The molecule has 1 aliphatic rings. The predicted molar refractivity (Wildman–Crippen MR) is 104 cm³/mol. The predicted octanol–water partition coefficient (Wildman–Crippen LogP) is 3.37. The van der Waals surface area contributed by atoms with Gasteiger partial charge in [-0.05, 0) is 69.2 Å². The second-order valence-electron chi connectivity index (χ2n) is 7.04. The summed E-state index contributed by atoms with van der Waals surface area (Å²) in [4.78, 5) is 14.5. The number of pyridine rings is 1. The van der Waals surface area contributed by atoms with Gasteiger partial charge in [-0.15, -0.1) is 0 Å². The maximum Gasteiger partial charge on any atom is 0.251 e. The van der Waals surface area contributed by atoms with E-state index in [1.165, 1.54) is 0 Å². The number of hydrogen-bond acceptors (Lipinski definition) is 4. The van der Waals surface area contributed by atoms with Gasteiger partial charge in [0.25, 0.3) is 5.56 Å². The van der Waals surface area contributed by atoms with Crippen LogP contribution in [0, 0.1) is 0 Å². The molecular weight excluding hydrogens is 328 g/mol. The lowest BCUT2D eigenvalue weighted by molar-refractivity contribution is -0.105. The molecule has 1 aromatic heterocycles. The van der Waals surface area contributed by atoms with Crippen molar-refractivity contribution in [2.75, 3.05) is 27.2 Å². The molecule has 0 saturated carbocycles. The Balaban J connectivity index is 1.63. The molecule has 1 fully saturated rings. The van der Waals surface area contributed by atoms with E-state index in [0.717, 1.165) is 62.3 Å². The zero-order valence-electron chi connectivity index (χ0n) is 15.7. The Kier molecular flexibility index (Phi) is 6.47. The smallest absolute Gasteiger partial charge is 0.251 e. The van der Waals surface area contributed by atoms with Gasteiger partial charge in [-0.1, -0.05) is 12.1 Å². The van der Waals surface area contributed by atoms with E-state index in [1.807, 2.05) is 50.6 Å². The van der Waals surface area contributed by atoms with Crippen LogP contribution in [0.5, 0.6) is 5.75 Å². The van der Waals surface area contributed by atoms with Crippen molar-refractivity contribution in [3.05, 3.63) is 52.9 Å². The number of nitrogens with zero attached hydrogens (tertiary/aromatic N) is 2. The molecule has 26 heavy (non-hydrogen) atoms. The third kappa shape index (κ3) is 5.19. The summed E-state index contributed by atoms with van der Waals surface area (Å²) < 4.78 is 13.2. The Morgan fingerprint density at radius 3 is 2.62 bits per heavy atom. The van der Waals surface area contributed by atoms with E-state index >= 15 is 0 Å². The van der Waals surface area contributed by atoms with Crippen LogP contribution >= 0.6 is 0 Å². The molecule has 2 aromatic rings. The highest BCUT2D eigenvalue weighted by Crippen LogP contribution is 2.23. The van der Waals surface area contributed by atoms with Crippen LogP contribution in [-0.4, -0.2) is 43.0 Å². The van der Waals surface area contributed by atoms with Crippen LogP contribution in [0.1, 0.15) is 25.7 Å². The van der Waals surface area contributed by atoms with Crippen LogP contribution in [0.2, 0.25) is 0 Å². The molecule has 3 rings (SSSR count). The molecule has 1 atom stereocenters. The molecule has 0 aliphatic carbocycles. The number of ether oxygens (including phenoxy) is 2. The van der Waals surface area contributed by atoms with E-state index in [-0.39, 0.29) is 11.8 Å². The first kappa shape index (κ1) is 18.7. The van der Waals surface area contributed by atoms with Gasteiger partial charge in [0.05, 0.1) is 6.61 Å². The largest absolute Gasteiger partial charge is 0.465 e. The summed E-state index contributed by atoms with van der Waals surface area (Å²) in [6.07, 6.45) is 5.90. The van der Waals surface area contributed by atoms with Crippen LogP contribution in [0.4, 0.5) is 0 Å². The topological polar surface area (TPSA) is 43.7 Å². The van der Waals surface area contributed by atoms with Gasteiger partial charge in [0.15, 0.2) is 6.29 Å². The summed E-state index contributed by atoms with van der Waals surface area (Å²) in [5, 5.41) is 0. The van der Waals surface area contributed by atoms with Crippen molar-refractivity contribution in [2.45, 2.75) is 38.5 Å². The molecule has 1 unspecified atom stereocenters. The summed E-state index contributed by atoms with van der Waals surface area (Å²) in [6, 6.07) is 11.6. The lowest BCUT2D eigenvalue weighted by Gasteiger charge is -2.23. The molecule has 0 radical (unpaired) electrons. The molecule has 5 heteroatoms. The molecule has 1 saturated heterocycles. The fraction of sp³-hybridized carbons (Fsp3) is 0.476. The first-order chi connectivity index (χ1) is 12.6. The third-order valence-electron chi connectivity index (χ3n) is 4.59. The van der Waals surface area contributed by atoms with Crippen LogP contribution in [-0.2, 0) is 11.3 Å². The van der Waals surface area contributed by atoms with Crippen molar-refractivity contribution >= 4 is 0 Å². The van der Waals surface area contributed by atoms with Crippen molar-refractivity contribution in [1.29, 1.82) is 0 Å². The average Bonchev–Trinajstić information content (AvgIpc) is 2.64. The van der Waals surface area contributed by atoms with Gasteiger partial charge in [0.2, 0.25) is 0 Å². The van der Waals surface area contributed by atoms with Crippen LogP contribution in [0.3, 0.4) is 0 Å². The summed E-state index contributed by atoms with van der Waals surface area (Å²) in [5.74, 6) is 0.803. The molecule has 1 aliphatic heterocycles. The molecule has 140 valence electrons. The Hall–Kier alpha value is -2.11. The molecule has 0 spiro atoms. The Labute approximate surface area is 155 Å². The highest BCUT2D eigenvalue weighted by Gasteiger charge is 2.15. The van der Waals surface area contributed by atoms with Gasteiger partial charge >= 0.3 is 0 Å². The first-order valence-electron chi connectivity index (χ1n) is 9.36. The molecule has 1 aromatic carbocycles. The van der Waals surface area contributed by atoms with Crippen molar-refractivity contribution in [3.63, 3.8) is 0 Å². The zero-order valence-corrected chi connectivity index (χ0v) is 15.7. The zero-order chi connectivity index (χ0) is 18.4. The summed E-state index contributed by atoms with van der Waals surface area (Å²) in [7, 11) is 4.08. The van der Waals surface area contributed by atoms with Crippen molar-refractivity contribution in [3.8, 4) is 16.9 Å². The number of rotatable bonds is 7. The Bertz CT molecular complexity index is 747. The summed E-state index contributed by atoms with van der Waals surface area (Å²) in [5.41, 5.74) is 1.98. The number of aryl methyl sites for hydroxylation is 1. The van der Waals surface area contributed by atoms with Crippen LogP contribution in [0.15, 0.2) is 47.4 Å². The second-order valence-corrected chi connectivity index (χ2v) is 7.04. The van der Waals surface area contributed by atoms with Crippen LogP contribution in [0.25, 0.3) is 11.1 Å². The number of benzene rings is 1. The van der Waals surface area contributed by atoms with Gasteiger partial charge in [-0.2, -0.15) is 0 Å². The molecular formula is C21H28N2O3. The Morgan fingerprint density at radius 1 is 1.15 bits per heavy atom.